The van der Waals surface area contributed by atoms with Gasteiger partial charge in [0, 0.05) is 6.42 Å². The van der Waals surface area contributed by atoms with Gasteiger partial charge in [-0.1, -0.05) is 32.9 Å². The molecule has 0 aromatic heterocycles. The topological polar surface area (TPSA) is 25.8 Å². The van der Waals surface area contributed by atoms with E-state index in [1.807, 2.05) is 0 Å². The smallest absolute Gasteiger partial charge is 0.119 e. The van der Waals surface area contributed by atoms with Crippen molar-refractivity contribution in [2.45, 2.75) is 58.9 Å². The highest BCUT2D eigenvalue weighted by atomic mass is 16.5. The van der Waals surface area contributed by atoms with Crippen LogP contribution < -0.4 is 10.1 Å². The first kappa shape index (κ1) is 16.0. The molecule has 0 unspecified atom stereocenters. The van der Waals surface area contributed by atoms with Crippen LogP contribution in [0.15, 0.2) is 24.3 Å². The molecule has 0 bridgehead atoms. The molecule has 0 atom stereocenters. The van der Waals surface area contributed by atoms with E-state index in [0.717, 1.165) is 25.3 Å². The SMILES string of the molecule is CC(C)(C)[NH2+]CCCOc1ccc(C(C)(C)C)cc1. The van der Waals surface area contributed by atoms with Crippen molar-refractivity contribution in [2.24, 2.45) is 0 Å². The minimum absolute atomic E-state index is 0.209. The summed E-state index contributed by atoms with van der Waals surface area (Å²) in [5.41, 5.74) is 1.87. The zero-order valence-corrected chi connectivity index (χ0v) is 13.4. The minimum atomic E-state index is 0.209. The van der Waals surface area contributed by atoms with Gasteiger partial charge in [-0.05, 0) is 43.9 Å². The average molecular weight is 264 g/mol. The summed E-state index contributed by atoms with van der Waals surface area (Å²) >= 11 is 0. The summed E-state index contributed by atoms with van der Waals surface area (Å²) in [5.74, 6) is 0.976. The maximum absolute atomic E-state index is 5.77. The van der Waals surface area contributed by atoms with Crippen LogP contribution in [0, 0.1) is 0 Å². The third-order valence-electron chi connectivity index (χ3n) is 3.09. The van der Waals surface area contributed by atoms with Gasteiger partial charge >= 0.3 is 0 Å². The fraction of sp³-hybridized carbons (Fsp3) is 0.647. The van der Waals surface area contributed by atoms with Gasteiger partial charge in [-0.3, -0.25) is 0 Å². The van der Waals surface area contributed by atoms with Crippen molar-refractivity contribution in [3.63, 3.8) is 0 Å². The lowest BCUT2D eigenvalue weighted by molar-refractivity contribution is -0.717. The van der Waals surface area contributed by atoms with Crippen LogP contribution in [0.25, 0.3) is 0 Å². The molecule has 0 aliphatic carbocycles. The third kappa shape index (κ3) is 6.63. The number of quaternary nitrogens is 1. The molecule has 0 fully saturated rings. The van der Waals surface area contributed by atoms with E-state index in [2.05, 4.69) is 71.1 Å². The van der Waals surface area contributed by atoms with E-state index in [-0.39, 0.29) is 5.41 Å². The van der Waals surface area contributed by atoms with Gasteiger partial charge in [0.2, 0.25) is 0 Å². The highest BCUT2D eigenvalue weighted by Crippen LogP contribution is 2.24. The van der Waals surface area contributed by atoms with Crippen LogP contribution in [-0.4, -0.2) is 18.7 Å². The summed E-state index contributed by atoms with van der Waals surface area (Å²) in [6, 6.07) is 8.48. The summed E-state index contributed by atoms with van der Waals surface area (Å²) < 4.78 is 5.77. The Morgan fingerprint density at radius 1 is 0.947 bits per heavy atom. The van der Waals surface area contributed by atoms with Gasteiger partial charge in [0.25, 0.3) is 0 Å². The van der Waals surface area contributed by atoms with Gasteiger partial charge in [-0.2, -0.15) is 0 Å². The molecule has 2 heteroatoms. The number of ether oxygens (including phenoxy) is 1. The predicted molar refractivity (Wildman–Crippen MR) is 81.8 cm³/mol. The molecule has 0 amide bonds. The van der Waals surface area contributed by atoms with E-state index < -0.39 is 0 Å². The lowest BCUT2D eigenvalue weighted by Crippen LogP contribution is -2.94. The largest absolute Gasteiger partial charge is 0.493 e. The number of benzene rings is 1. The monoisotopic (exact) mass is 264 g/mol. The summed E-state index contributed by atoms with van der Waals surface area (Å²) in [6.45, 7) is 15.3. The minimum Gasteiger partial charge on any atom is -0.493 e. The van der Waals surface area contributed by atoms with E-state index in [1.54, 1.807) is 0 Å². The van der Waals surface area contributed by atoms with Gasteiger partial charge < -0.3 is 10.1 Å². The number of rotatable bonds is 5. The second kappa shape index (κ2) is 6.42. The molecule has 0 aliphatic heterocycles. The fourth-order valence-corrected chi connectivity index (χ4v) is 1.86. The lowest BCUT2D eigenvalue weighted by atomic mass is 9.87. The van der Waals surface area contributed by atoms with Gasteiger partial charge in [0.15, 0.2) is 0 Å². The molecule has 19 heavy (non-hydrogen) atoms. The van der Waals surface area contributed by atoms with Crippen LogP contribution in [0.3, 0.4) is 0 Å². The van der Waals surface area contributed by atoms with Crippen molar-refractivity contribution in [3.8, 4) is 5.75 Å². The van der Waals surface area contributed by atoms with Crippen LogP contribution in [0.4, 0.5) is 0 Å². The Hall–Kier alpha value is -1.02. The summed E-state index contributed by atoms with van der Waals surface area (Å²) in [5, 5.41) is 2.36. The highest BCUT2D eigenvalue weighted by molar-refractivity contribution is 5.31. The molecule has 1 rings (SSSR count). The van der Waals surface area contributed by atoms with Crippen LogP contribution in [0.5, 0.6) is 5.75 Å². The maximum atomic E-state index is 5.77. The highest BCUT2D eigenvalue weighted by Gasteiger charge is 2.13. The van der Waals surface area contributed by atoms with Crippen molar-refractivity contribution in [1.29, 1.82) is 0 Å². The summed E-state index contributed by atoms with van der Waals surface area (Å²) in [4.78, 5) is 0. The van der Waals surface area contributed by atoms with E-state index in [1.165, 1.54) is 5.56 Å². The molecule has 108 valence electrons. The molecule has 0 aliphatic rings. The molecule has 2 N–H and O–H groups in total. The number of hydrogen-bond acceptors (Lipinski definition) is 1. The molecule has 1 aromatic carbocycles. The maximum Gasteiger partial charge on any atom is 0.119 e. The molecule has 0 spiro atoms. The van der Waals surface area contributed by atoms with E-state index in [4.69, 9.17) is 4.74 Å². The van der Waals surface area contributed by atoms with Crippen molar-refractivity contribution < 1.29 is 10.1 Å². The molecule has 2 nitrogen and oxygen atoms in total. The molecule has 0 heterocycles. The zero-order chi connectivity index (χ0) is 14.5. The fourth-order valence-electron chi connectivity index (χ4n) is 1.86. The second-order valence-electron chi connectivity index (χ2n) is 7.34. The van der Waals surface area contributed by atoms with Gasteiger partial charge in [-0.25, -0.2) is 0 Å². The van der Waals surface area contributed by atoms with Crippen molar-refractivity contribution in [2.75, 3.05) is 13.2 Å². The standard InChI is InChI=1S/C17H29NO/c1-16(2,3)14-8-10-15(11-9-14)19-13-7-12-18-17(4,5)6/h8-11,18H,7,12-13H2,1-6H3/p+1. The van der Waals surface area contributed by atoms with E-state index in [0.29, 0.717) is 5.54 Å². The summed E-state index contributed by atoms with van der Waals surface area (Å²) in [7, 11) is 0. The van der Waals surface area contributed by atoms with Crippen LogP contribution in [0.2, 0.25) is 0 Å². The Bertz CT molecular complexity index is 368. The molecule has 0 saturated heterocycles. The lowest BCUT2D eigenvalue weighted by Gasteiger charge is -2.19. The first-order valence-corrected chi connectivity index (χ1v) is 7.26. The van der Waals surface area contributed by atoms with Crippen molar-refractivity contribution in [3.05, 3.63) is 29.8 Å². The number of nitrogens with two attached hydrogens (primary N) is 1. The average Bonchev–Trinajstić information content (AvgIpc) is 2.26. The predicted octanol–water partition coefficient (Wildman–Crippen LogP) is 3.11. The molecule has 1 aromatic rings. The first-order chi connectivity index (χ1) is 8.68. The molecular formula is C17H30NO+. The van der Waals surface area contributed by atoms with Gasteiger partial charge in [0.05, 0.1) is 18.7 Å². The van der Waals surface area contributed by atoms with Gasteiger partial charge in [-0.15, -0.1) is 0 Å². The normalized spacial score (nSPS) is 12.5. The quantitative estimate of drug-likeness (QED) is 0.812. The number of hydrogen-bond donors (Lipinski definition) is 1. The molecule has 0 radical (unpaired) electrons. The Morgan fingerprint density at radius 2 is 1.53 bits per heavy atom. The van der Waals surface area contributed by atoms with Gasteiger partial charge in [0.1, 0.15) is 5.75 Å². The Balaban J connectivity index is 2.31. The third-order valence-corrected chi connectivity index (χ3v) is 3.09. The van der Waals surface area contributed by atoms with Crippen molar-refractivity contribution >= 4 is 0 Å². The van der Waals surface area contributed by atoms with Crippen LogP contribution >= 0.6 is 0 Å². The molecular weight excluding hydrogens is 234 g/mol. The van der Waals surface area contributed by atoms with Crippen LogP contribution in [0.1, 0.15) is 53.5 Å². The van der Waals surface area contributed by atoms with Crippen LogP contribution in [-0.2, 0) is 5.41 Å². The van der Waals surface area contributed by atoms with E-state index in [9.17, 15) is 0 Å². The Morgan fingerprint density at radius 3 is 2.00 bits per heavy atom. The van der Waals surface area contributed by atoms with E-state index >= 15 is 0 Å². The van der Waals surface area contributed by atoms with Crippen molar-refractivity contribution in [1.82, 2.24) is 0 Å². The Kier molecular flexibility index (Phi) is 5.42. The second-order valence-corrected chi connectivity index (χ2v) is 7.34. The first-order valence-electron chi connectivity index (χ1n) is 7.26. The zero-order valence-electron chi connectivity index (χ0n) is 13.4. The summed E-state index contributed by atoms with van der Waals surface area (Å²) in [6.07, 6.45) is 1.08. The molecule has 0 saturated carbocycles. The Labute approximate surface area is 118 Å².